The van der Waals surface area contributed by atoms with Crippen LogP contribution in [0.1, 0.15) is 22.7 Å². The number of halogens is 1. The van der Waals surface area contributed by atoms with E-state index >= 15 is 0 Å². The summed E-state index contributed by atoms with van der Waals surface area (Å²) in [5.74, 6) is -4.82. The molecule has 6 nitrogen and oxygen atoms in total. The van der Waals surface area contributed by atoms with Crippen molar-refractivity contribution in [3.8, 4) is 0 Å². The first-order valence-corrected chi connectivity index (χ1v) is 11.1. The van der Waals surface area contributed by atoms with Crippen molar-refractivity contribution in [1.82, 2.24) is 5.32 Å². The van der Waals surface area contributed by atoms with E-state index in [-0.39, 0.29) is 12.1 Å². The summed E-state index contributed by atoms with van der Waals surface area (Å²) >= 11 is 0. The van der Waals surface area contributed by atoms with Crippen LogP contribution in [-0.4, -0.2) is 28.4 Å². The zero-order valence-electron chi connectivity index (χ0n) is 18.4. The quantitative estimate of drug-likeness (QED) is 0.570. The molecule has 0 saturated carbocycles. The summed E-state index contributed by atoms with van der Waals surface area (Å²) in [4.78, 5) is 41.3. The summed E-state index contributed by atoms with van der Waals surface area (Å²) in [7, 11) is 0. The lowest BCUT2D eigenvalue weighted by molar-refractivity contribution is -0.148. The number of nitrogens with zero attached hydrogens (tertiary/aromatic N) is 1. The molecule has 2 amide bonds. The molecular formula is C27H23FN2O4. The molecule has 0 aromatic heterocycles. The fourth-order valence-electron chi connectivity index (χ4n) is 5.26. The van der Waals surface area contributed by atoms with Gasteiger partial charge in [0.15, 0.2) is 0 Å². The van der Waals surface area contributed by atoms with E-state index in [2.05, 4.69) is 5.32 Å². The van der Waals surface area contributed by atoms with Crippen LogP contribution in [-0.2, 0) is 20.8 Å². The van der Waals surface area contributed by atoms with Crippen molar-refractivity contribution in [3.05, 3.63) is 101 Å². The van der Waals surface area contributed by atoms with Crippen LogP contribution in [0.5, 0.6) is 0 Å². The number of hydrogen-bond acceptors (Lipinski definition) is 4. The lowest BCUT2D eigenvalue weighted by Crippen LogP contribution is -2.57. The molecule has 172 valence electrons. The molecule has 2 saturated heterocycles. The summed E-state index contributed by atoms with van der Waals surface area (Å²) in [6.07, 6.45) is 0.0307. The van der Waals surface area contributed by atoms with Crippen LogP contribution < -0.4 is 10.2 Å². The molecular weight excluding hydrogens is 435 g/mol. The Hall–Kier alpha value is -3.84. The number of carbonyl (C=O) groups excluding carboxylic acids is 2. The highest BCUT2D eigenvalue weighted by Crippen LogP contribution is 2.50. The van der Waals surface area contributed by atoms with E-state index in [9.17, 15) is 23.9 Å². The van der Waals surface area contributed by atoms with Crippen LogP contribution in [0.15, 0.2) is 78.9 Å². The molecule has 3 aromatic carbocycles. The maximum absolute atomic E-state index is 13.7. The number of aryl methyl sites for hydroxylation is 1. The number of fused-ring (bicyclic) bond motifs is 1. The Kier molecular flexibility index (Phi) is 5.29. The van der Waals surface area contributed by atoms with E-state index < -0.39 is 47.0 Å². The number of nitrogens with one attached hydrogen (secondary N) is 1. The average molecular weight is 458 g/mol. The van der Waals surface area contributed by atoms with Crippen molar-refractivity contribution in [3.63, 3.8) is 0 Å². The second-order valence-electron chi connectivity index (χ2n) is 8.96. The molecule has 2 fully saturated rings. The molecule has 2 aliphatic rings. The lowest BCUT2D eigenvalue weighted by Gasteiger charge is -2.31. The van der Waals surface area contributed by atoms with E-state index in [1.807, 2.05) is 37.3 Å². The van der Waals surface area contributed by atoms with Gasteiger partial charge in [0, 0.05) is 12.5 Å². The smallest absolute Gasteiger partial charge is 0.325 e. The van der Waals surface area contributed by atoms with Gasteiger partial charge in [0.2, 0.25) is 11.8 Å². The zero-order chi connectivity index (χ0) is 24.0. The highest BCUT2D eigenvalue weighted by atomic mass is 19.1. The number of rotatable bonds is 5. The fourth-order valence-corrected chi connectivity index (χ4v) is 5.26. The van der Waals surface area contributed by atoms with Gasteiger partial charge in [-0.15, -0.1) is 0 Å². The van der Waals surface area contributed by atoms with Gasteiger partial charge < -0.3 is 5.11 Å². The van der Waals surface area contributed by atoms with Crippen molar-refractivity contribution in [1.29, 1.82) is 0 Å². The minimum atomic E-state index is -1.69. The Labute approximate surface area is 196 Å². The number of hydrogen-bond donors (Lipinski definition) is 2. The van der Waals surface area contributed by atoms with Gasteiger partial charge >= 0.3 is 5.97 Å². The third kappa shape index (κ3) is 3.40. The molecule has 2 aliphatic heterocycles. The Morgan fingerprint density at radius 2 is 1.62 bits per heavy atom. The van der Waals surface area contributed by atoms with E-state index in [4.69, 9.17) is 0 Å². The van der Waals surface area contributed by atoms with Gasteiger partial charge in [0.25, 0.3) is 0 Å². The summed E-state index contributed by atoms with van der Waals surface area (Å²) < 4.78 is 13.5. The molecule has 0 spiro atoms. The van der Waals surface area contributed by atoms with Crippen LogP contribution in [0.25, 0.3) is 0 Å². The van der Waals surface area contributed by atoms with Gasteiger partial charge in [0.1, 0.15) is 11.4 Å². The minimum absolute atomic E-state index is 0.0307. The van der Waals surface area contributed by atoms with Crippen LogP contribution in [0, 0.1) is 24.6 Å². The van der Waals surface area contributed by atoms with Crippen molar-refractivity contribution in [2.24, 2.45) is 11.8 Å². The Morgan fingerprint density at radius 1 is 0.971 bits per heavy atom. The first-order valence-electron chi connectivity index (χ1n) is 11.1. The predicted octanol–water partition coefficient (Wildman–Crippen LogP) is 3.65. The number of benzene rings is 3. The van der Waals surface area contributed by atoms with Gasteiger partial charge in [-0.05, 0) is 42.3 Å². The summed E-state index contributed by atoms with van der Waals surface area (Å²) in [6.45, 7) is 1.94. The number of carboxylic acid groups (broad SMARTS) is 1. The van der Waals surface area contributed by atoms with E-state index in [0.29, 0.717) is 0 Å². The molecule has 2 N–H and O–H groups in total. The van der Waals surface area contributed by atoms with Crippen molar-refractivity contribution in [2.45, 2.75) is 24.9 Å². The molecule has 0 unspecified atom stereocenters. The zero-order valence-corrected chi connectivity index (χ0v) is 18.4. The number of anilines is 1. The number of carbonyl (C=O) groups is 3. The van der Waals surface area contributed by atoms with Crippen LogP contribution in [0.2, 0.25) is 0 Å². The van der Waals surface area contributed by atoms with E-state index in [0.717, 1.165) is 21.6 Å². The first kappa shape index (κ1) is 22.0. The van der Waals surface area contributed by atoms with Crippen molar-refractivity contribution in [2.75, 3.05) is 4.90 Å². The summed E-state index contributed by atoms with van der Waals surface area (Å²) in [5.41, 5.74) is 1.03. The highest BCUT2D eigenvalue weighted by molar-refractivity contribution is 6.24. The topological polar surface area (TPSA) is 86.7 Å². The molecule has 2 heterocycles. The Bertz CT molecular complexity index is 1260. The lowest BCUT2D eigenvalue weighted by atomic mass is 9.76. The van der Waals surface area contributed by atoms with Gasteiger partial charge in [-0.25, -0.2) is 9.29 Å². The number of imide groups is 1. The van der Waals surface area contributed by atoms with Crippen LogP contribution >= 0.6 is 0 Å². The van der Waals surface area contributed by atoms with Crippen molar-refractivity contribution >= 4 is 23.5 Å². The third-order valence-corrected chi connectivity index (χ3v) is 6.88. The molecule has 5 rings (SSSR count). The third-order valence-electron chi connectivity index (χ3n) is 6.88. The molecule has 0 aliphatic carbocycles. The first-order chi connectivity index (χ1) is 16.3. The second-order valence-corrected chi connectivity index (χ2v) is 8.96. The molecule has 0 bridgehead atoms. The monoisotopic (exact) mass is 458 g/mol. The SMILES string of the molecule is Cc1ccc([C@@H]2N[C@](Cc3ccccc3)(C(=O)O)[C@H]3C(=O)N(c4ccc(F)cc4)C(=O)[C@@H]23)cc1. The van der Waals surface area contributed by atoms with E-state index in [1.54, 1.807) is 24.3 Å². The molecule has 7 heteroatoms. The number of amides is 2. The van der Waals surface area contributed by atoms with Gasteiger partial charge in [-0.3, -0.25) is 19.7 Å². The molecule has 0 radical (unpaired) electrons. The van der Waals surface area contributed by atoms with Crippen LogP contribution in [0.4, 0.5) is 10.1 Å². The summed E-state index contributed by atoms with van der Waals surface area (Å²) in [6, 6.07) is 20.9. The van der Waals surface area contributed by atoms with Gasteiger partial charge in [0.05, 0.1) is 17.5 Å². The Balaban J connectivity index is 1.65. The maximum atomic E-state index is 13.7. The molecule has 4 atom stereocenters. The predicted molar refractivity (Wildman–Crippen MR) is 123 cm³/mol. The van der Waals surface area contributed by atoms with E-state index in [1.165, 1.54) is 24.3 Å². The maximum Gasteiger partial charge on any atom is 0.325 e. The van der Waals surface area contributed by atoms with Crippen LogP contribution in [0.3, 0.4) is 0 Å². The second kappa shape index (κ2) is 8.18. The summed E-state index contributed by atoms with van der Waals surface area (Å²) in [5, 5.41) is 13.7. The van der Waals surface area contributed by atoms with Gasteiger partial charge in [-0.2, -0.15) is 0 Å². The standard InChI is InChI=1S/C27H23FN2O4/c1-16-7-9-18(10-8-16)23-21-22(25(32)30(24(21)31)20-13-11-19(28)12-14-20)27(29-23,26(33)34)15-17-5-3-2-4-6-17/h2-14,21-23,29H,15H2,1H3,(H,33,34)/t21-,22-,23+,27+/m1/s1. The molecule has 3 aromatic rings. The largest absolute Gasteiger partial charge is 0.480 e. The Morgan fingerprint density at radius 3 is 2.24 bits per heavy atom. The van der Waals surface area contributed by atoms with Crippen molar-refractivity contribution < 1.29 is 23.9 Å². The number of carboxylic acids is 1. The number of aliphatic carboxylic acids is 1. The highest BCUT2D eigenvalue weighted by Gasteiger charge is 2.68. The fraction of sp³-hybridized carbons (Fsp3) is 0.222. The minimum Gasteiger partial charge on any atom is -0.480 e. The van der Waals surface area contributed by atoms with Gasteiger partial charge in [-0.1, -0.05) is 60.2 Å². The molecule has 34 heavy (non-hydrogen) atoms. The normalized spacial score (nSPS) is 26.1. The average Bonchev–Trinajstić information content (AvgIpc) is 3.30.